The number of amides is 1. The SMILES string of the molecule is C=C(C)C(=O)NC(CCCC)C1CCCCC1. The predicted molar refractivity (Wildman–Crippen MR) is 72.8 cm³/mol. The highest BCUT2D eigenvalue weighted by Crippen LogP contribution is 2.28. The fraction of sp³-hybridized carbons (Fsp3) is 0.800. The van der Waals surface area contributed by atoms with Gasteiger partial charge in [0.25, 0.3) is 0 Å². The zero-order valence-electron chi connectivity index (χ0n) is 11.4. The zero-order valence-corrected chi connectivity index (χ0v) is 11.4. The van der Waals surface area contributed by atoms with Gasteiger partial charge >= 0.3 is 0 Å². The van der Waals surface area contributed by atoms with Crippen LogP contribution in [0, 0.1) is 5.92 Å². The van der Waals surface area contributed by atoms with Gasteiger partial charge in [-0.15, -0.1) is 0 Å². The second-order valence-electron chi connectivity index (χ2n) is 5.40. The standard InChI is InChI=1S/C15H27NO/c1-4-5-11-14(16-15(17)12(2)3)13-9-7-6-8-10-13/h13-14H,2,4-11H2,1,3H3,(H,16,17). The first kappa shape index (κ1) is 14.3. The Morgan fingerprint density at radius 2 is 2.00 bits per heavy atom. The number of hydrogen-bond acceptors (Lipinski definition) is 1. The van der Waals surface area contributed by atoms with Gasteiger partial charge in [-0.3, -0.25) is 4.79 Å². The van der Waals surface area contributed by atoms with Crippen LogP contribution in [0.5, 0.6) is 0 Å². The molecular weight excluding hydrogens is 210 g/mol. The summed E-state index contributed by atoms with van der Waals surface area (Å²) in [4.78, 5) is 11.7. The molecule has 1 aliphatic carbocycles. The first-order valence-electron chi connectivity index (χ1n) is 7.11. The lowest BCUT2D eigenvalue weighted by Gasteiger charge is -2.31. The van der Waals surface area contributed by atoms with Gasteiger partial charge in [-0.05, 0) is 32.1 Å². The molecule has 1 saturated carbocycles. The van der Waals surface area contributed by atoms with Gasteiger partial charge in [0, 0.05) is 11.6 Å². The van der Waals surface area contributed by atoms with Crippen molar-refractivity contribution >= 4 is 5.91 Å². The minimum absolute atomic E-state index is 0.0386. The van der Waals surface area contributed by atoms with Gasteiger partial charge in [0.15, 0.2) is 0 Å². The molecule has 1 rings (SSSR count). The van der Waals surface area contributed by atoms with Gasteiger partial charge in [0.05, 0.1) is 0 Å². The molecule has 0 radical (unpaired) electrons. The van der Waals surface area contributed by atoms with Crippen molar-refractivity contribution in [1.29, 1.82) is 0 Å². The van der Waals surface area contributed by atoms with Crippen molar-refractivity contribution < 1.29 is 4.79 Å². The molecule has 0 bridgehead atoms. The molecule has 0 spiro atoms. The zero-order chi connectivity index (χ0) is 12.7. The summed E-state index contributed by atoms with van der Waals surface area (Å²) in [6, 6.07) is 0.374. The molecule has 98 valence electrons. The monoisotopic (exact) mass is 237 g/mol. The van der Waals surface area contributed by atoms with Gasteiger partial charge in [0.1, 0.15) is 0 Å². The molecule has 0 aliphatic heterocycles. The molecule has 17 heavy (non-hydrogen) atoms. The van der Waals surface area contributed by atoms with E-state index in [1.165, 1.54) is 44.9 Å². The van der Waals surface area contributed by atoms with Crippen molar-refractivity contribution in [2.75, 3.05) is 0 Å². The lowest BCUT2D eigenvalue weighted by Crippen LogP contribution is -2.41. The first-order chi connectivity index (χ1) is 8.15. The van der Waals surface area contributed by atoms with Gasteiger partial charge in [-0.1, -0.05) is 45.6 Å². The molecule has 1 aliphatic rings. The van der Waals surface area contributed by atoms with Crippen LogP contribution in [0.1, 0.15) is 65.2 Å². The lowest BCUT2D eigenvalue weighted by molar-refractivity contribution is -0.118. The predicted octanol–water partition coefficient (Wildman–Crippen LogP) is 3.82. The maximum Gasteiger partial charge on any atom is 0.246 e. The van der Waals surface area contributed by atoms with E-state index in [0.29, 0.717) is 17.5 Å². The molecule has 0 aromatic rings. The normalized spacial score (nSPS) is 18.7. The molecule has 1 unspecified atom stereocenters. The highest BCUT2D eigenvalue weighted by Gasteiger charge is 2.24. The largest absolute Gasteiger partial charge is 0.349 e. The lowest BCUT2D eigenvalue weighted by atomic mass is 9.82. The van der Waals surface area contributed by atoms with Crippen LogP contribution in [-0.4, -0.2) is 11.9 Å². The van der Waals surface area contributed by atoms with Crippen LogP contribution in [0.15, 0.2) is 12.2 Å². The molecule has 1 fully saturated rings. The third kappa shape index (κ3) is 4.93. The van der Waals surface area contributed by atoms with E-state index in [-0.39, 0.29) is 5.91 Å². The second kappa shape index (κ2) is 7.52. The van der Waals surface area contributed by atoms with Crippen molar-refractivity contribution in [2.24, 2.45) is 5.92 Å². The van der Waals surface area contributed by atoms with Crippen LogP contribution in [-0.2, 0) is 4.79 Å². The van der Waals surface area contributed by atoms with Crippen molar-refractivity contribution in [1.82, 2.24) is 5.32 Å². The second-order valence-corrected chi connectivity index (χ2v) is 5.40. The number of hydrogen-bond donors (Lipinski definition) is 1. The van der Waals surface area contributed by atoms with E-state index in [1.54, 1.807) is 6.92 Å². The first-order valence-corrected chi connectivity index (χ1v) is 7.11. The Balaban J connectivity index is 2.51. The molecule has 0 heterocycles. The Kier molecular flexibility index (Phi) is 6.31. The third-order valence-electron chi connectivity index (χ3n) is 3.79. The summed E-state index contributed by atoms with van der Waals surface area (Å²) in [7, 11) is 0. The van der Waals surface area contributed by atoms with Crippen LogP contribution in [0.25, 0.3) is 0 Å². The van der Waals surface area contributed by atoms with Crippen LogP contribution in [0.3, 0.4) is 0 Å². The summed E-state index contributed by atoms with van der Waals surface area (Å²) in [5.74, 6) is 0.732. The average Bonchev–Trinajstić information content (AvgIpc) is 2.35. The molecule has 1 N–H and O–H groups in total. The molecule has 0 saturated heterocycles. The smallest absolute Gasteiger partial charge is 0.246 e. The summed E-state index contributed by atoms with van der Waals surface area (Å²) in [6.45, 7) is 7.71. The van der Waals surface area contributed by atoms with E-state index in [1.807, 2.05) is 0 Å². The fourth-order valence-electron chi connectivity index (χ4n) is 2.68. The summed E-state index contributed by atoms with van der Waals surface area (Å²) in [6.07, 6.45) is 10.1. The minimum atomic E-state index is 0.0386. The maximum atomic E-state index is 11.7. The van der Waals surface area contributed by atoms with E-state index in [2.05, 4.69) is 18.8 Å². The van der Waals surface area contributed by atoms with E-state index >= 15 is 0 Å². The van der Waals surface area contributed by atoms with Crippen LogP contribution in [0.2, 0.25) is 0 Å². The van der Waals surface area contributed by atoms with E-state index in [9.17, 15) is 4.79 Å². The summed E-state index contributed by atoms with van der Waals surface area (Å²) >= 11 is 0. The van der Waals surface area contributed by atoms with Crippen molar-refractivity contribution in [3.8, 4) is 0 Å². The summed E-state index contributed by atoms with van der Waals surface area (Å²) in [5.41, 5.74) is 0.627. The number of unbranched alkanes of at least 4 members (excludes halogenated alkanes) is 1. The van der Waals surface area contributed by atoms with Gasteiger partial charge in [-0.25, -0.2) is 0 Å². The number of nitrogens with one attached hydrogen (secondary N) is 1. The minimum Gasteiger partial charge on any atom is -0.349 e. The van der Waals surface area contributed by atoms with Crippen molar-refractivity contribution in [3.63, 3.8) is 0 Å². The Morgan fingerprint density at radius 3 is 2.53 bits per heavy atom. The van der Waals surface area contributed by atoms with Gasteiger partial charge in [0.2, 0.25) is 5.91 Å². The molecular formula is C15H27NO. The Hall–Kier alpha value is -0.790. The molecule has 1 atom stereocenters. The van der Waals surface area contributed by atoms with Crippen molar-refractivity contribution in [2.45, 2.75) is 71.3 Å². The molecule has 0 aromatic carbocycles. The topological polar surface area (TPSA) is 29.1 Å². The van der Waals surface area contributed by atoms with Crippen LogP contribution < -0.4 is 5.32 Å². The maximum absolute atomic E-state index is 11.7. The van der Waals surface area contributed by atoms with E-state index in [4.69, 9.17) is 0 Å². The Morgan fingerprint density at radius 1 is 1.35 bits per heavy atom. The summed E-state index contributed by atoms with van der Waals surface area (Å²) < 4.78 is 0. The van der Waals surface area contributed by atoms with E-state index in [0.717, 1.165) is 6.42 Å². The van der Waals surface area contributed by atoms with Crippen LogP contribution in [0.4, 0.5) is 0 Å². The quantitative estimate of drug-likeness (QED) is 0.699. The number of carbonyl (C=O) groups is 1. The third-order valence-corrected chi connectivity index (χ3v) is 3.79. The van der Waals surface area contributed by atoms with Gasteiger partial charge in [-0.2, -0.15) is 0 Å². The fourth-order valence-corrected chi connectivity index (χ4v) is 2.68. The molecule has 2 nitrogen and oxygen atoms in total. The molecule has 2 heteroatoms. The average molecular weight is 237 g/mol. The Labute approximate surface area is 106 Å². The highest BCUT2D eigenvalue weighted by molar-refractivity contribution is 5.92. The van der Waals surface area contributed by atoms with Crippen LogP contribution >= 0.6 is 0 Å². The van der Waals surface area contributed by atoms with Crippen molar-refractivity contribution in [3.05, 3.63) is 12.2 Å². The number of carbonyl (C=O) groups excluding carboxylic acids is 1. The van der Waals surface area contributed by atoms with E-state index < -0.39 is 0 Å². The molecule has 0 aromatic heterocycles. The Bertz CT molecular complexity index is 254. The van der Waals surface area contributed by atoms with Gasteiger partial charge < -0.3 is 5.32 Å². The summed E-state index contributed by atoms with van der Waals surface area (Å²) in [5, 5.41) is 3.18. The number of rotatable bonds is 6. The molecule has 1 amide bonds. The highest BCUT2D eigenvalue weighted by atomic mass is 16.1.